The Hall–Kier alpha value is -3.06. The molecule has 1 aromatic carbocycles. The predicted octanol–water partition coefficient (Wildman–Crippen LogP) is 3.69. The van der Waals surface area contributed by atoms with Crippen molar-refractivity contribution in [2.75, 3.05) is 28.2 Å². The number of hydrogen-bond donors (Lipinski definition) is 1. The van der Waals surface area contributed by atoms with E-state index in [9.17, 15) is 13.6 Å². The summed E-state index contributed by atoms with van der Waals surface area (Å²) in [4.78, 5) is 24.3. The Morgan fingerprint density at radius 1 is 1.18 bits per heavy atom. The number of allylic oxidation sites excluding steroid dienone is 1. The lowest BCUT2D eigenvalue weighted by Crippen LogP contribution is -2.12. The van der Waals surface area contributed by atoms with E-state index in [0.29, 0.717) is 23.1 Å². The first-order valence-electron chi connectivity index (χ1n) is 8.76. The molecule has 0 bridgehead atoms. The van der Waals surface area contributed by atoms with E-state index in [4.69, 9.17) is 0 Å². The van der Waals surface area contributed by atoms with Crippen molar-refractivity contribution in [3.8, 4) is 0 Å². The van der Waals surface area contributed by atoms with E-state index in [-0.39, 0.29) is 11.1 Å². The zero-order chi connectivity index (χ0) is 20.4. The molecule has 0 fully saturated rings. The van der Waals surface area contributed by atoms with Gasteiger partial charge in [-0.05, 0) is 31.8 Å². The molecule has 2 aromatic heterocycles. The van der Waals surface area contributed by atoms with Crippen LogP contribution in [0.5, 0.6) is 0 Å². The van der Waals surface area contributed by atoms with Crippen molar-refractivity contribution in [3.63, 3.8) is 0 Å². The van der Waals surface area contributed by atoms with Crippen LogP contribution in [0.2, 0.25) is 0 Å². The largest absolute Gasteiger partial charge is 0.383 e. The van der Waals surface area contributed by atoms with Crippen molar-refractivity contribution in [2.24, 2.45) is 0 Å². The lowest BCUT2D eigenvalue weighted by molar-refractivity contribution is 0.105. The summed E-state index contributed by atoms with van der Waals surface area (Å²) in [6.45, 7) is 0.667. The topological polar surface area (TPSA) is 52.2 Å². The number of rotatable bonds is 6. The third-order valence-corrected chi connectivity index (χ3v) is 4.20. The van der Waals surface area contributed by atoms with Gasteiger partial charge in [0.05, 0.1) is 0 Å². The highest BCUT2D eigenvalue weighted by Crippen LogP contribution is 2.28. The minimum atomic E-state index is -1.05. The van der Waals surface area contributed by atoms with Crippen LogP contribution in [0, 0.1) is 11.6 Å². The molecule has 3 aromatic rings. The molecule has 0 saturated carbocycles. The van der Waals surface area contributed by atoms with Crippen molar-refractivity contribution in [2.45, 2.75) is 6.54 Å². The molecular weight excluding hydrogens is 362 g/mol. The molecule has 0 unspecified atom stereocenters. The van der Waals surface area contributed by atoms with Crippen molar-refractivity contribution >= 4 is 22.4 Å². The lowest BCUT2D eigenvalue weighted by Gasteiger charge is -2.13. The molecule has 1 N–H and O–H groups in total. The van der Waals surface area contributed by atoms with Crippen molar-refractivity contribution in [1.82, 2.24) is 19.8 Å². The first kappa shape index (κ1) is 19.7. The molecule has 0 saturated heterocycles. The SMILES string of the molecule is CN(C)/C=C(/C(=O)c1c[nH]c2ncc(CN(C)C)cc12)c1cccc(F)c1F. The highest BCUT2D eigenvalue weighted by atomic mass is 19.2. The monoisotopic (exact) mass is 384 g/mol. The van der Waals surface area contributed by atoms with Crippen molar-refractivity contribution in [1.29, 1.82) is 0 Å². The van der Waals surface area contributed by atoms with Gasteiger partial charge in [-0.15, -0.1) is 0 Å². The van der Waals surface area contributed by atoms with Gasteiger partial charge in [0.25, 0.3) is 0 Å². The number of halogens is 2. The Morgan fingerprint density at radius 2 is 1.93 bits per heavy atom. The van der Waals surface area contributed by atoms with Gasteiger partial charge in [0.1, 0.15) is 5.65 Å². The summed E-state index contributed by atoms with van der Waals surface area (Å²) in [5.74, 6) is -2.45. The fraction of sp³-hybridized carbons (Fsp3) is 0.238. The smallest absolute Gasteiger partial charge is 0.197 e. The second-order valence-corrected chi connectivity index (χ2v) is 7.12. The van der Waals surface area contributed by atoms with E-state index in [2.05, 4.69) is 9.97 Å². The lowest BCUT2D eigenvalue weighted by atomic mass is 9.96. The Kier molecular flexibility index (Phi) is 5.56. The second-order valence-electron chi connectivity index (χ2n) is 7.12. The molecule has 0 radical (unpaired) electrons. The van der Waals surface area contributed by atoms with Crippen molar-refractivity contribution < 1.29 is 13.6 Å². The van der Waals surface area contributed by atoms with Gasteiger partial charge in [-0.1, -0.05) is 12.1 Å². The molecule has 28 heavy (non-hydrogen) atoms. The van der Waals surface area contributed by atoms with Crippen LogP contribution in [-0.4, -0.2) is 53.7 Å². The van der Waals surface area contributed by atoms with E-state index >= 15 is 0 Å². The second kappa shape index (κ2) is 7.90. The van der Waals surface area contributed by atoms with E-state index < -0.39 is 17.4 Å². The highest BCUT2D eigenvalue weighted by molar-refractivity contribution is 6.32. The zero-order valence-electron chi connectivity index (χ0n) is 16.3. The van der Waals surface area contributed by atoms with Crippen LogP contribution in [0.1, 0.15) is 21.5 Å². The minimum Gasteiger partial charge on any atom is -0.383 e. The van der Waals surface area contributed by atoms with Gasteiger partial charge < -0.3 is 14.8 Å². The standard InChI is InChI=1S/C21H22F2N4O/c1-26(2)11-13-8-15-16(10-25-21(15)24-9-13)20(28)17(12-27(3)4)14-6-5-7-18(22)19(14)23/h5-10,12H,11H2,1-4H3,(H,24,25)/b17-12+. The molecule has 5 nitrogen and oxygen atoms in total. The maximum absolute atomic E-state index is 14.4. The summed E-state index contributed by atoms with van der Waals surface area (Å²) in [7, 11) is 7.32. The van der Waals surface area contributed by atoms with E-state index in [1.165, 1.54) is 18.3 Å². The molecule has 0 aliphatic rings. The van der Waals surface area contributed by atoms with Crippen LogP contribution in [-0.2, 0) is 6.54 Å². The van der Waals surface area contributed by atoms with Crippen LogP contribution >= 0.6 is 0 Å². The number of nitrogens with one attached hydrogen (secondary N) is 1. The molecule has 2 heterocycles. The van der Waals surface area contributed by atoms with Gasteiger partial charge in [0.2, 0.25) is 0 Å². The molecule has 0 aliphatic heterocycles. The normalized spacial score (nSPS) is 12.0. The van der Waals surface area contributed by atoms with Gasteiger partial charge in [-0.3, -0.25) is 4.79 Å². The highest BCUT2D eigenvalue weighted by Gasteiger charge is 2.23. The van der Waals surface area contributed by atoms with Crippen LogP contribution in [0.4, 0.5) is 8.78 Å². The van der Waals surface area contributed by atoms with Gasteiger partial charge in [-0.25, -0.2) is 13.8 Å². The summed E-state index contributed by atoms with van der Waals surface area (Å²) in [6.07, 6.45) is 4.80. The summed E-state index contributed by atoms with van der Waals surface area (Å²) >= 11 is 0. The van der Waals surface area contributed by atoms with E-state index in [1.807, 2.05) is 25.1 Å². The van der Waals surface area contributed by atoms with Crippen LogP contribution in [0.25, 0.3) is 16.6 Å². The Labute approximate surface area is 162 Å². The number of fused-ring (bicyclic) bond motifs is 1. The number of aromatic nitrogens is 2. The summed E-state index contributed by atoms with van der Waals surface area (Å²) in [5.41, 5.74) is 1.86. The summed E-state index contributed by atoms with van der Waals surface area (Å²) in [5, 5.41) is 0.644. The zero-order valence-corrected chi connectivity index (χ0v) is 16.3. The number of benzene rings is 1. The molecule has 0 spiro atoms. The van der Waals surface area contributed by atoms with E-state index in [1.54, 1.807) is 31.4 Å². The molecule has 0 amide bonds. The first-order valence-corrected chi connectivity index (χ1v) is 8.76. The maximum Gasteiger partial charge on any atom is 0.197 e. The molecule has 7 heteroatoms. The van der Waals surface area contributed by atoms with Gasteiger partial charge >= 0.3 is 0 Å². The number of carbonyl (C=O) groups excluding carboxylic acids is 1. The fourth-order valence-electron chi connectivity index (χ4n) is 3.05. The average molecular weight is 384 g/mol. The molecule has 3 rings (SSSR count). The van der Waals surface area contributed by atoms with Gasteiger partial charge in [-0.2, -0.15) is 0 Å². The number of aromatic amines is 1. The van der Waals surface area contributed by atoms with Gasteiger partial charge in [0, 0.05) is 61.3 Å². The van der Waals surface area contributed by atoms with Crippen LogP contribution in [0.3, 0.4) is 0 Å². The number of H-pyrrole nitrogens is 1. The molecule has 146 valence electrons. The van der Waals surface area contributed by atoms with Crippen LogP contribution < -0.4 is 0 Å². The minimum absolute atomic E-state index is 0.0703. The maximum atomic E-state index is 14.4. The molecule has 0 aliphatic carbocycles. The average Bonchev–Trinajstić information content (AvgIpc) is 3.04. The van der Waals surface area contributed by atoms with Gasteiger partial charge in [0.15, 0.2) is 17.4 Å². The quantitative estimate of drug-likeness (QED) is 0.520. The summed E-state index contributed by atoms with van der Waals surface area (Å²) < 4.78 is 28.2. The summed E-state index contributed by atoms with van der Waals surface area (Å²) in [6, 6.07) is 5.70. The number of pyridine rings is 1. The number of nitrogens with zero attached hydrogens (tertiary/aromatic N) is 3. The first-order chi connectivity index (χ1) is 13.3. The molecule has 0 atom stereocenters. The third-order valence-electron chi connectivity index (χ3n) is 4.20. The number of Topliss-reactive ketones (excluding diaryl/α,β-unsaturated/α-hetero) is 1. The third kappa shape index (κ3) is 3.94. The number of carbonyl (C=O) groups is 1. The predicted molar refractivity (Wildman–Crippen MR) is 106 cm³/mol. The van der Waals surface area contributed by atoms with Crippen LogP contribution in [0.15, 0.2) is 42.9 Å². The number of ketones is 1. The number of hydrogen-bond acceptors (Lipinski definition) is 4. The Morgan fingerprint density at radius 3 is 2.61 bits per heavy atom. The van der Waals surface area contributed by atoms with E-state index in [0.717, 1.165) is 11.6 Å². The fourth-order valence-corrected chi connectivity index (χ4v) is 3.05. The Balaban J connectivity index is 2.12. The Bertz CT molecular complexity index is 1050. The van der Waals surface area contributed by atoms with Crippen molar-refractivity contribution in [3.05, 3.63) is 71.2 Å². The molecular formula is C21H22F2N4O.